The lowest BCUT2D eigenvalue weighted by molar-refractivity contribution is 0.0993. The quantitative estimate of drug-likeness (QED) is 0.734. The molecule has 0 amide bonds. The number of alkyl halides is 1. The summed E-state index contributed by atoms with van der Waals surface area (Å²) in [7, 11) is 0. The maximum Gasteiger partial charge on any atom is 0.167 e. The van der Waals surface area contributed by atoms with Gasteiger partial charge in [-0.3, -0.25) is 4.79 Å². The first-order valence-corrected chi connectivity index (χ1v) is 7.90. The Bertz CT molecular complexity index is 685. The number of ketones is 1. The second-order valence-corrected chi connectivity index (χ2v) is 5.69. The Morgan fingerprint density at radius 2 is 1.60 bits per heavy atom. The van der Waals surface area contributed by atoms with E-state index in [1.165, 1.54) is 11.1 Å². The van der Waals surface area contributed by atoms with E-state index in [1.807, 2.05) is 30.3 Å². The Kier molecular flexibility index (Phi) is 3.83. The number of Topliss-reactive ketones (excluding diaryl/α,β-unsaturated/α-hetero) is 1. The summed E-state index contributed by atoms with van der Waals surface area (Å²) in [6.07, 6.45) is 3.66. The third kappa shape index (κ3) is 2.36. The second-order valence-electron chi connectivity index (χ2n) is 4.90. The van der Waals surface area contributed by atoms with Crippen molar-refractivity contribution in [3.8, 4) is 0 Å². The summed E-state index contributed by atoms with van der Waals surface area (Å²) in [6.45, 7) is 0. The summed E-state index contributed by atoms with van der Waals surface area (Å²) in [6, 6.07) is 16.1. The SMILES string of the molecule is O=C1Cc2ccccc2C(=CCCBr)c2ccccc21. The Morgan fingerprint density at radius 3 is 2.35 bits per heavy atom. The lowest BCUT2D eigenvalue weighted by Gasteiger charge is -2.11. The lowest BCUT2D eigenvalue weighted by Crippen LogP contribution is -2.03. The van der Waals surface area contributed by atoms with Crippen LogP contribution in [0.15, 0.2) is 54.6 Å². The molecule has 2 aromatic rings. The molecule has 20 heavy (non-hydrogen) atoms. The molecule has 0 radical (unpaired) electrons. The fourth-order valence-corrected chi connectivity index (χ4v) is 2.96. The third-order valence-corrected chi connectivity index (χ3v) is 4.09. The normalized spacial score (nSPS) is 15.7. The molecular formula is C18H15BrO. The van der Waals surface area contributed by atoms with Crippen LogP contribution in [0, 0.1) is 0 Å². The van der Waals surface area contributed by atoms with Gasteiger partial charge in [-0.25, -0.2) is 0 Å². The van der Waals surface area contributed by atoms with E-state index >= 15 is 0 Å². The zero-order valence-electron chi connectivity index (χ0n) is 11.1. The van der Waals surface area contributed by atoms with Crippen LogP contribution in [-0.4, -0.2) is 11.1 Å². The average Bonchev–Trinajstić information content (AvgIpc) is 2.60. The van der Waals surface area contributed by atoms with Crippen molar-refractivity contribution in [1.29, 1.82) is 0 Å². The number of hydrogen-bond acceptors (Lipinski definition) is 1. The molecule has 0 atom stereocenters. The van der Waals surface area contributed by atoms with Crippen LogP contribution in [0.2, 0.25) is 0 Å². The Morgan fingerprint density at radius 1 is 0.950 bits per heavy atom. The Labute approximate surface area is 127 Å². The number of carbonyl (C=O) groups excluding carboxylic acids is 1. The van der Waals surface area contributed by atoms with E-state index in [0.29, 0.717) is 6.42 Å². The van der Waals surface area contributed by atoms with Crippen molar-refractivity contribution >= 4 is 27.3 Å². The molecule has 1 aliphatic carbocycles. The first kappa shape index (κ1) is 13.3. The molecule has 0 aromatic heterocycles. The summed E-state index contributed by atoms with van der Waals surface area (Å²) >= 11 is 3.48. The van der Waals surface area contributed by atoms with Crippen molar-refractivity contribution in [3.05, 3.63) is 76.9 Å². The van der Waals surface area contributed by atoms with Gasteiger partial charge in [-0.2, -0.15) is 0 Å². The van der Waals surface area contributed by atoms with E-state index < -0.39 is 0 Å². The van der Waals surface area contributed by atoms with Gasteiger partial charge in [0.1, 0.15) is 0 Å². The predicted molar refractivity (Wildman–Crippen MR) is 86.4 cm³/mol. The first-order valence-electron chi connectivity index (χ1n) is 6.78. The molecule has 1 nitrogen and oxygen atoms in total. The molecule has 3 rings (SSSR count). The van der Waals surface area contributed by atoms with Crippen LogP contribution in [0.5, 0.6) is 0 Å². The minimum Gasteiger partial charge on any atom is -0.294 e. The van der Waals surface area contributed by atoms with Crippen molar-refractivity contribution in [2.45, 2.75) is 12.8 Å². The number of allylic oxidation sites excluding steroid dienone is 1. The maximum atomic E-state index is 12.5. The first-order chi connectivity index (χ1) is 9.81. The zero-order valence-corrected chi connectivity index (χ0v) is 12.7. The van der Waals surface area contributed by atoms with Crippen LogP contribution in [-0.2, 0) is 6.42 Å². The third-order valence-electron chi connectivity index (χ3n) is 3.63. The van der Waals surface area contributed by atoms with Crippen molar-refractivity contribution < 1.29 is 4.79 Å². The summed E-state index contributed by atoms with van der Waals surface area (Å²) in [4.78, 5) is 12.5. The summed E-state index contributed by atoms with van der Waals surface area (Å²) < 4.78 is 0. The molecule has 0 aliphatic heterocycles. The van der Waals surface area contributed by atoms with Crippen LogP contribution in [0.4, 0.5) is 0 Å². The molecule has 0 heterocycles. The van der Waals surface area contributed by atoms with Gasteiger partial charge in [-0.15, -0.1) is 0 Å². The van der Waals surface area contributed by atoms with E-state index in [9.17, 15) is 4.79 Å². The minimum atomic E-state index is 0.204. The van der Waals surface area contributed by atoms with E-state index in [2.05, 4.69) is 40.2 Å². The van der Waals surface area contributed by atoms with Gasteiger partial charge in [-0.1, -0.05) is 70.5 Å². The van der Waals surface area contributed by atoms with E-state index in [0.717, 1.165) is 28.4 Å². The largest absolute Gasteiger partial charge is 0.294 e. The van der Waals surface area contributed by atoms with Gasteiger partial charge in [0.2, 0.25) is 0 Å². The molecule has 2 heteroatoms. The summed E-state index contributed by atoms with van der Waals surface area (Å²) in [5.41, 5.74) is 5.38. The van der Waals surface area contributed by atoms with Gasteiger partial charge in [0.25, 0.3) is 0 Å². The lowest BCUT2D eigenvalue weighted by atomic mass is 9.93. The number of hydrogen-bond donors (Lipinski definition) is 0. The standard InChI is InChI=1S/C18H15BrO/c19-11-5-10-15-14-7-2-1-6-13(14)12-18(20)17-9-4-3-8-16(15)17/h1-4,6-10H,5,11-12H2. The monoisotopic (exact) mass is 326 g/mol. The van der Waals surface area contributed by atoms with Gasteiger partial charge in [-0.05, 0) is 28.7 Å². The summed E-state index contributed by atoms with van der Waals surface area (Å²) in [5, 5.41) is 0.925. The number of halogens is 1. The van der Waals surface area contributed by atoms with E-state index in [4.69, 9.17) is 0 Å². The van der Waals surface area contributed by atoms with Crippen LogP contribution >= 0.6 is 15.9 Å². The molecule has 2 aromatic carbocycles. The van der Waals surface area contributed by atoms with E-state index in [-0.39, 0.29) is 5.78 Å². The number of rotatable bonds is 2. The number of benzene rings is 2. The van der Waals surface area contributed by atoms with Gasteiger partial charge in [0.15, 0.2) is 5.78 Å². The van der Waals surface area contributed by atoms with Gasteiger partial charge in [0, 0.05) is 17.3 Å². The number of fused-ring (bicyclic) bond motifs is 2. The van der Waals surface area contributed by atoms with Gasteiger partial charge >= 0.3 is 0 Å². The molecule has 0 bridgehead atoms. The van der Waals surface area contributed by atoms with Crippen LogP contribution in [0.1, 0.15) is 33.5 Å². The molecule has 0 N–H and O–H groups in total. The number of carbonyl (C=O) groups is 1. The summed E-state index contributed by atoms with van der Waals surface area (Å²) in [5.74, 6) is 0.204. The zero-order chi connectivity index (χ0) is 13.9. The van der Waals surface area contributed by atoms with Crippen molar-refractivity contribution in [3.63, 3.8) is 0 Å². The molecule has 0 unspecified atom stereocenters. The molecular weight excluding hydrogens is 312 g/mol. The minimum absolute atomic E-state index is 0.204. The molecule has 1 aliphatic rings. The van der Waals surface area contributed by atoms with Crippen molar-refractivity contribution in [1.82, 2.24) is 0 Å². The van der Waals surface area contributed by atoms with Crippen LogP contribution in [0.3, 0.4) is 0 Å². The maximum absolute atomic E-state index is 12.5. The predicted octanol–water partition coefficient (Wildman–Crippen LogP) is 4.64. The molecule has 100 valence electrons. The molecule has 0 saturated heterocycles. The van der Waals surface area contributed by atoms with Crippen molar-refractivity contribution in [2.75, 3.05) is 5.33 Å². The molecule has 0 fully saturated rings. The highest BCUT2D eigenvalue weighted by molar-refractivity contribution is 9.09. The second kappa shape index (κ2) is 5.76. The fraction of sp³-hybridized carbons (Fsp3) is 0.167. The molecule has 0 saturated carbocycles. The average molecular weight is 327 g/mol. The Hall–Kier alpha value is -1.67. The van der Waals surface area contributed by atoms with Crippen LogP contribution < -0.4 is 0 Å². The molecule has 0 spiro atoms. The van der Waals surface area contributed by atoms with Gasteiger partial charge in [0.05, 0.1) is 0 Å². The fourth-order valence-electron chi connectivity index (χ4n) is 2.73. The van der Waals surface area contributed by atoms with Crippen molar-refractivity contribution in [2.24, 2.45) is 0 Å². The Balaban J connectivity index is 2.26. The topological polar surface area (TPSA) is 17.1 Å². The highest BCUT2D eigenvalue weighted by atomic mass is 79.9. The highest BCUT2D eigenvalue weighted by Crippen LogP contribution is 2.33. The smallest absolute Gasteiger partial charge is 0.167 e. The van der Waals surface area contributed by atoms with Crippen LogP contribution in [0.25, 0.3) is 5.57 Å². The van der Waals surface area contributed by atoms with E-state index in [1.54, 1.807) is 0 Å². The highest BCUT2D eigenvalue weighted by Gasteiger charge is 2.22. The van der Waals surface area contributed by atoms with Gasteiger partial charge < -0.3 is 0 Å².